The van der Waals surface area contributed by atoms with Crippen molar-refractivity contribution < 1.29 is 4.74 Å². The highest BCUT2D eigenvalue weighted by Crippen LogP contribution is 2.33. The van der Waals surface area contributed by atoms with Crippen molar-refractivity contribution in [3.63, 3.8) is 0 Å². The molecule has 0 aromatic rings. The average Bonchev–Trinajstić information content (AvgIpc) is 3.23. The molecule has 0 spiro atoms. The second-order valence-electron chi connectivity index (χ2n) is 9.44. The van der Waals surface area contributed by atoms with E-state index < -0.39 is 0 Å². The van der Waals surface area contributed by atoms with E-state index in [0.717, 1.165) is 57.2 Å². The summed E-state index contributed by atoms with van der Waals surface area (Å²) in [5.74, 6) is 1.03. The van der Waals surface area contributed by atoms with E-state index in [-0.39, 0.29) is 29.5 Å². The highest BCUT2D eigenvalue weighted by atomic mass is 127. The Bertz CT molecular complexity index is 519. The maximum Gasteiger partial charge on any atom is 0.191 e. The van der Waals surface area contributed by atoms with Gasteiger partial charge in [-0.1, -0.05) is 6.42 Å². The monoisotopic (exact) mass is 519 g/mol. The van der Waals surface area contributed by atoms with Crippen LogP contribution in [-0.4, -0.2) is 85.9 Å². The van der Waals surface area contributed by atoms with Crippen molar-refractivity contribution in [1.29, 1.82) is 0 Å². The highest BCUT2D eigenvalue weighted by Gasteiger charge is 2.40. The maximum atomic E-state index is 5.70. The molecule has 4 rings (SSSR count). The molecule has 168 valence electrons. The number of nitrogens with one attached hydrogen (secondary N) is 2. The summed E-state index contributed by atoms with van der Waals surface area (Å²) in [5, 5.41) is 7.35. The second kappa shape index (κ2) is 11.0. The molecule has 0 amide bonds. The lowest BCUT2D eigenvalue weighted by Crippen LogP contribution is -2.57. The normalized spacial score (nSPS) is 33.2. The molecule has 2 atom stereocenters. The molecule has 2 unspecified atom stereocenters. The molecule has 4 heterocycles. The Morgan fingerprint density at radius 3 is 2.34 bits per heavy atom. The minimum absolute atomic E-state index is 0. The van der Waals surface area contributed by atoms with E-state index in [1.807, 2.05) is 0 Å². The van der Waals surface area contributed by atoms with Crippen molar-refractivity contribution in [3.8, 4) is 0 Å². The number of aliphatic imine (C=N–C) groups is 1. The van der Waals surface area contributed by atoms with E-state index >= 15 is 0 Å². The third kappa shape index (κ3) is 5.57. The molecule has 4 aliphatic rings. The molecule has 29 heavy (non-hydrogen) atoms. The topological polar surface area (TPSA) is 52.1 Å². The van der Waals surface area contributed by atoms with Crippen LogP contribution in [0.2, 0.25) is 0 Å². The molecular formula is C22H42IN5O. The van der Waals surface area contributed by atoms with Gasteiger partial charge in [0.25, 0.3) is 0 Å². The number of hydrogen-bond donors (Lipinski definition) is 2. The van der Waals surface area contributed by atoms with Crippen molar-refractivity contribution in [2.45, 2.75) is 88.4 Å². The quantitative estimate of drug-likeness (QED) is 0.333. The number of halogens is 1. The van der Waals surface area contributed by atoms with E-state index in [9.17, 15) is 0 Å². The van der Waals surface area contributed by atoms with Crippen LogP contribution in [0.1, 0.15) is 64.7 Å². The number of hydrogen-bond acceptors (Lipinski definition) is 4. The molecule has 4 saturated heterocycles. The van der Waals surface area contributed by atoms with Gasteiger partial charge in [0.15, 0.2) is 5.96 Å². The standard InChI is InChI=1S/C22H41N5O.HI/c1-3-23-21(25-18-15-19-7-6-8-20(16-18)26(19)2)24-17-22(9-13-28-14-10-22)27-11-4-5-12-27;/h18-20H,3-17H2,1-2H3,(H2,23,24,25);1H. The van der Waals surface area contributed by atoms with E-state index in [1.54, 1.807) is 0 Å². The van der Waals surface area contributed by atoms with E-state index in [0.29, 0.717) is 6.04 Å². The first kappa shape index (κ1) is 23.5. The van der Waals surface area contributed by atoms with Gasteiger partial charge in [0.1, 0.15) is 0 Å². The summed E-state index contributed by atoms with van der Waals surface area (Å²) in [6.45, 7) is 8.22. The zero-order chi connectivity index (χ0) is 19.4. The van der Waals surface area contributed by atoms with Crippen molar-refractivity contribution in [2.75, 3.05) is 46.4 Å². The van der Waals surface area contributed by atoms with Crippen LogP contribution in [0.5, 0.6) is 0 Å². The number of rotatable bonds is 5. The first-order valence-corrected chi connectivity index (χ1v) is 11.8. The van der Waals surface area contributed by atoms with Crippen LogP contribution in [0.3, 0.4) is 0 Å². The largest absolute Gasteiger partial charge is 0.381 e. The molecule has 0 aromatic carbocycles. The van der Waals surface area contributed by atoms with E-state index in [4.69, 9.17) is 9.73 Å². The van der Waals surface area contributed by atoms with Gasteiger partial charge >= 0.3 is 0 Å². The summed E-state index contributed by atoms with van der Waals surface area (Å²) in [6, 6.07) is 2.06. The van der Waals surface area contributed by atoms with Gasteiger partial charge < -0.3 is 20.3 Å². The van der Waals surface area contributed by atoms with Gasteiger partial charge in [0.2, 0.25) is 0 Å². The van der Waals surface area contributed by atoms with Crippen LogP contribution in [0.15, 0.2) is 4.99 Å². The lowest BCUT2D eigenvalue weighted by atomic mass is 9.82. The number of guanidine groups is 1. The lowest BCUT2D eigenvalue weighted by Gasteiger charge is -2.47. The SMILES string of the molecule is CCNC(=NCC1(N2CCCC2)CCOCC1)NC1CC2CCCC(C1)N2C.I. The highest BCUT2D eigenvalue weighted by molar-refractivity contribution is 14.0. The van der Waals surface area contributed by atoms with E-state index in [2.05, 4.69) is 34.4 Å². The Morgan fingerprint density at radius 1 is 1.07 bits per heavy atom. The Kier molecular flexibility index (Phi) is 8.89. The second-order valence-corrected chi connectivity index (χ2v) is 9.44. The van der Waals surface area contributed by atoms with Gasteiger partial charge in [-0.25, -0.2) is 0 Å². The fraction of sp³-hybridized carbons (Fsp3) is 0.955. The van der Waals surface area contributed by atoms with Crippen LogP contribution in [-0.2, 0) is 4.74 Å². The van der Waals surface area contributed by atoms with Crippen LogP contribution in [0.4, 0.5) is 0 Å². The zero-order valence-electron chi connectivity index (χ0n) is 18.5. The van der Waals surface area contributed by atoms with Gasteiger partial charge in [0.05, 0.1) is 6.54 Å². The minimum Gasteiger partial charge on any atom is -0.381 e. The summed E-state index contributed by atoms with van der Waals surface area (Å²) in [6.07, 6.45) is 11.5. The molecule has 6 nitrogen and oxygen atoms in total. The Morgan fingerprint density at radius 2 is 1.72 bits per heavy atom. The lowest BCUT2D eigenvalue weighted by molar-refractivity contribution is -0.0139. The summed E-state index contributed by atoms with van der Waals surface area (Å²) < 4.78 is 5.70. The van der Waals surface area contributed by atoms with Crippen LogP contribution >= 0.6 is 24.0 Å². The molecule has 4 aliphatic heterocycles. The fourth-order valence-electron chi connectivity index (χ4n) is 5.99. The zero-order valence-corrected chi connectivity index (χ0v) is 20.8. The molecule has 0 aromatic heterocycles. The molecule has 4 fully saturated rings. The van der Waals surface area contributed by atoms with Crippen molar-refractivity contribution in [1.82, 2.24) is 20.4 Å². The van der Waals surface area contributed by atoms with Crippen LogP contribution in [0, 0.1) is 0 Å². The van der Waals surface area contributed by atoms with Crippen molar-refractivity contribution in [3.05, 3.63) is 0 Å². The predicted octanol–water partition coefficient (Wildman–Crippen LogP) is 2.82. The third-order valence-corrected chi connectivity index (χ3v) is 7.76. The maximum absolute atomic E-state index is 5.70. The molecule has 7 heteroatoms. The first-order chi connectivity index (χ1) is 13.7. The van der Waals surface area contributed by atoms with E-state index in [1.165, 1.54) is 58.0 Å². The van der Waals surface area contributed by atoms with Gasteiger partial charge in [-0.05, 0) is 78.4 Å². The van der Waals surface area contributed by atoms with Crippen molar-refractivity contribution in [2.24, 2.45) is 4.99 Å². The minimum atomic E-state index is 0. The van der Waals surface area contributed by atoms with Gasteiger partial charge in [0, 0.05) is 43.4 Å². The number of ether oxygens (including phenoxy) is 1. The Balaban J connectivity index is 0.00000240. The van der Waals surface area contributed by atoms with Crippen molar-refractivity contribution >= 4 is 29.9 Å². The van der Waals surface area contributed by atoms with Crippen LogP contribution < -0.4 is 10.6 Å². The third-order valence-electron chi connectivity index (χ3n) is 7.76. The molecule has 2 bridgehead atoms. The number of piperidine rings is 2. The summed E-state index contributed by atoms with van der Waals surface area (Å²) in [7, 11) is 2.33. The summed E-state index contributed by atoms with van der Waals surface area (Å²) >= 11 is 0. The molecule has 2 N–H and O–H groups in total. The number of likely N-dealkylation sites (tertiary alicyclic amines) is 1. The summed E-state index contributed by atoms with van der Waals surface area (Å²) in [5.41, 5.74) is 0.209. The smallest absolute Gasteiger partial charge is 0.191 e. The number of fused-ring (bicyclic) bond motifs is 2. The molecule has 0 radical (unpaired) electrons. The number of nitrogens with zero attached hydrogens (tertiary/aromatic N) is 3. The predicted molar refractivity (Wildman–Crippen MR) is 130 cm³/mol. The Labute approximate surface area is 194 Å². The Hall–Kier alpha value is -0.120. The summed E-state index contributed by atoms with van der Waals surface area (Å²) in [4.78, 5) is 10.5. The molecule has 0 aliphatic carbocycles. The molecular weight excluding hydrogens is 477 g/mol. The average molecular weight is 520 g/mol. The van der Waals surface area contributed by atoms with Gasteiger partial charge in [-0.15, -0.1) is 24.0 Å². The van der Waals surface area contributed by atoms with Gasteiger partial charge in [-0.2, -0.15) is 0 Å². The van der Waals surface area contributed by atoms with Crippen LogP contribution in [0.25, 0.3) is 0 Å². The van der Waals surface area contributed by atoms with Gasteiger partial charge in [-0.3, -0.25) is 9.89 Å². The molecule has 0 saturated carbocycles. The first-order valence-electron chi connectivity index (χ1n) is 11.8. The fourth-order valence-corrected chi connectivity index (χ4v) is 5.99.